The van der Waals surface area contributed by atoms with E-state index in [0.29, 0.717) is 4.32 Å². The molecule has 110 valence electrons. The van der Waals surface area contributed by atoms with E-state index in [-0.39, 0.29) is 17.0 Å². The van der Waals surface area contributed by atoms with E-state index in [4.69, 9.17) is 12.2 Å². The first-order valence-corrected chi connectivity index (χ1v) is 7.09. The van der Waals surface area contributed by atoms with Gasteiger partial charge in [0, 0.05) is 6.54 Å². The van der Waals surface area contributed by atoms with Crippen LogP contribution in [0.4, 0.5) is 13.2 Å². The monoisotopic (exact) mass is 329 g/mol. The van der Waals surface area contributed by atoms with Crippen molar-refractivity contribution in [3.63, 3.8) is 0 Å². The Labute approximate surface area is 129 Å². The maximum Gasteiger partial charge on any atom is 0.416 e. The van der Waals surface area contributed by atoms with Crippen molar-refractivity contribution >= 4 is 40.3 Å². The molecule has 0 bridgehead atoms. The van der Waals surface area contributed by atoms with Crippen LogP contribution in [0.2, 0.25) is 0 Å². The third kappa shape index (κ3) is 3.36. The fourth-order valence-electron chi connectivity index (χ4n) is 1.81. The molecule has 1 aliphatic heterocycles. The van der Waals surface area contributed by atoms with Crippen molar-refractivity contribution < 1.29 is 18.0 Å². The van der Waals surface area contributed by atoms with Gasteiger partial charge in [-0.15, -0.1) is 6.58 Å². The lowest BCUT2D eigenvalue weighted by molar-refractivity contribution is -0.137. The maximum absolute atomic E-state index is 12.9. The zero-order chi connectivity index (χ0) is 15.6. The predicted octanol–water partition coefficient (Wildman–Crippen LogP) is 4.09. The Balaban J connectivity index is 2.40. The lowest BCUT2D eigenvalue weighted by Crippen LogP contribution is -2.27. The van der Waals surface area contributed by atoms with Crippen molar-refractivity contribution in [1.82, 2.24) is 4.90 Å². The molecule has 21 heavy (non-hydrogen) atoms. The molecule has 1 heterocycles. The highest BCUT2D eigenvalue weighted by molar-refractivity contribution is 8.26. The number of halogens is 3. The molecule has 1 saturated heterocycles. The molecule has 0 radical (unpaired) electrons. The summed E-state index contributed by atoms with van der Waals surface area (Å²) >= 11 is 6.03. The molecule has 0 unspecified atom stereocenters. The second-order valence-corrected chi connectivity index (χ2v) is 5.84. The number of thiocarbonyl (C=S) groups is 1. The number of nitrogens with zero attached hydrogens (tertiary/aromatic N) is 1. The highest BCUT2D eigenvalue weighted by Gasteiger charge is 2.35. The van der Waals surface area contributed by atoms with Crippen molar-refractivity contribution in [1.29, 1.82) is 0 Å². The third-order valence-electron chi connectivity index (χ3n) is 2.74. The number of benzene rings is 1. The SMILES string of the molecule is C=CCN1C(=O)/C(=C\c2ccccc2C(F)(F)F)SC1=S. The van der Waals surface area contributed by atoms with Crippen LogP contribution in [0, 0.1) is 0 Å². The normalized spacial score (nSPS) is 17.7. The van der Waals surface area contributed by atoms with Crippen molar-refractivity contribution in [2.24, 2.45) is 0 Å². The Morgan fingerprint density at radius 3 is 2.62 bits per heavy atom. The van der Waals surface area contributed by atoms with Gasteiger partial charge in [-0.1, -0.05) is 48.3 Å². The summed E-state index contributed by atoms with van der Waals surface area (Å²) in [5.41, 5.74) is -0.830. The van der Waals surface area contributed by atoms with Gasteiger partial charge in [-0.2, -0.15) is 13.2 Å². The molecule has 1 aromatic carbocycles. The van der Waals surface area contributed by atoms with Crippen molar-refractivity contribution in [3.05, 3.63) is 53.0 Å². The van der Waals surface area contributed by atoms with Crippen LogP contribution in [0.15, 0.2) is 41.8 Å². The zero-order valence-corrected chi connectivity index (χ0v) is 12.3. The summed E-state index contributed by atoms with van der Waals surface area (Å²) in [5.74, 6) is -0.401. The standard InChI is InChI=1S/C14H10F3NOS2/c1-2-7-18-12(19)11(21-13(18)20)8-9-5-3-4-6-10(9)14(15,16)17/h2-6,8H,1,7H2/b11-8+. The molecule has 0 aliphatic carbocycles. The molecule has 1 amide bonds. The van der Waals surface area contributed by atoms with Crippen LogP contribution in [-0.2, 0) is 11.0 Å². The molecule has 0 spiro atoms. The summed E-state index contributed by atoms with van der Waals surface area (Å²) in [4.78, 5) is 13.6. The van der Waals surface area contributed by atoms with E-state index in [1.54, 1.807) is 0 Å². The number of rotatable bonds is 3. The fourth-order valence-corrected chi connectivity index (χ4v) is 3.07. The van der Waals surface area contributed by atoms with Crippen molar-refractivity contribution in [3.8, 4) is 0 Å². The van der Waals surface area contributed by atoms with Gasteiger partial charge in [-0.3, -0.25) is 9.69 Å². The lowest BCUT2D eigenvalue weighted by atomic mass is 10.1. The second kappa shape index (κ2) is 6.03. The first-order valence-electron chi connectivity index (χ1n) is 5.87. The molecule has 1 aliphatic rings. The van der Waals surface area contributed by atoms with Crippen LogP contribution in [0.1, 0.15) is 11.1 Å². The first-order chi connectivity index (χ1) is 9.84. The quantitative estimate of drug-likeness (QED) is 0.473. The van der Waals surface area contributed by atoms with E-state index >= 15 is 0 Å². The topological polar surface area (TPSA) is 20.3 Å². The summed E-state index contributed by atoms with van der Waals surface area (Å²) in [5, 5.41) is 0. The Morgan fingerprint density at radius 2 is 2.00 bits per heavy atom. The third-order valence-corrected chi connectivity index (χ3v) is 4.12. The number of carbonyl (C=O) groups excluding carboxylic acids is 1. The van der Waals surface area contributed by atoms with Gasteiger partial charge >= 0.3 is 6.18 Å². The van der Waals surface area contributed by atoms with Crippen LogP contribution in [0.5, 0.6) is 0 Å². The first kappa shape index (κ1) is 15.8. The van der Waals surface area contributed by atoms with Gasteiger partial charge in [0.05, 0.1) is 10.5 Å². The summed E-state index contributed by atoms with van der Waals surface area (Å²) in [7, 11) is 0. The Bertz CT molecular complexity index is 637. The number of carbonyl (C=O) groups is 1. The van der Waals surface area contributed by atoms with Gasteiger partial charge in [0.25, 0.3) is 5.91 Å². The van der Waals surface area contributed by atoms with Gasteiger partial charge in [0.1, 0.15) is 4.32 Å². The number of thioether (sulfide) groups is 1. The van der Waals surface area contributed by atoms with Crippen molar-refractivity contribution in [2.75, 3.05) is 6.54 Å². The second-order valence-electron chi connectivity index (χ2n) is 4.17. The predicted molar refractivity (Wildman–Crippen MR) is 81.5 cm³/mol. The molecule has 1 fully saturated rings. The van der Waals surface area contributed by atoms with Gasteiger partial charge in [-0.25, -0.2) is 0 Å². The van der Waals surface area contributed by atoms with E-state index in [1.807, 2.05) is 0 Å². The van der Waals surface area contributed by atoms with E-state index < -0.39 is 17.6 Å². The minimum absolute atomic E-state index is 0.0518. The van der Waals surface area contributed by atoms with Crippen LogP contribution in [-0.4, -0.2) is 21.7 Å². The summed E-state index contributed by atoms with van der Waals surface area (Å²) < 4.78 is 39.1. The van der Waals surface area contributed by atoms with Crippen LogP contribution < -0.4 is 0 Å². The van der Waals surface area contributed by atoms with Crippen molar-refractivity contribution in [2.45, 2.75) is 6.18 Å². The lowest BCUT2D eigenvalue weighted by Gasteiger charge is -2.11. The fraction of sp³-hybridized carbons (Fsp3) is 0.143. The summed E-state index contributed by atoms with van der Waals surface area (Å²) in [6.45, 7) is 3.76. The van der Waals surface area contributed by atoms with E-state index in [1.165, 1.54) is 35.3 Å². The molecule has 0 saturated carbocycles. The van der Waals surface area contributed by atoms with E-state index in [0.717, 1.165) is 17.8 Å². The molecule has 0 atom stereocenters. The molecule has 1 aromatic rings. The summed E-state index contributed by atoms with van der Waals surface area (Å²) in [6, 6.07) is 5.11. The molecule has 2 nitrogen and oxygen atoms in total. The average Bonchev–Trinajstić information content (AvgIpc) is 2.66. The van der Waals surface area contributed by atoms with Crippen LogP contribution in [0.25, 0.3) is 6.08 Å². The van der Waals surface area contributed by atoms with E-state index in [2.05, 4.69) is 6.58 Å². The highest BCUT2D eigenvalue weighted by Crippen LogP contribution is 2.36. The van der Waals surface area contributed by atoms with E-state index in [9.17, 15) is 18.0 Å². The summed E-state index contributed by atoms with van der Waals surface area (Å²) in [6.07, 6.45) is -1.73. The molecule has 0 N–H and O–H groups in total. The smallest absolute Gasteiger partial charge is 0.289 e. The van der Waals surface area contributed by atoms with Gasteiger partial charge in [0.2, 0.25) is 0 Å². The maximum atomic E-state index is 12.9. The Kier molecular flexibility index (Phi) is 4.53. The minimum atomic E-state index is -4.47. The van der Waals surface area contributed by atoms with Gasteiger partial charge in [0.15, 0.2) is 0 Å². The molecule has 2 rings (SSSR count). The number of alkyl halides is 3. The largest absolute Gasteiger partial charge is 0.416 e. The molecular formula is C14H10F3NOS2. The van der Waals surface area contributed by atoms with Gasteiger partial charge in [-0.05, 0) is 17.7 Å². The number of hydrogen-bond acceptors (Lipinski definition) is 3. The zero-order valence-electron chi connectivity index (χ0n) is 10.7. The highest BCUT2D eigenvalue weighted by atomic mass is 32.2. The average molecular weight is 329 g/mol. The molecule has 0 aromatic heterocycles. The number of amides is 1. The van der Waals surface area contributed by atoms with Gasteiger partial charge < -0.3 is 0 Å². The number of hydrogen-bond donors (Lipinski definition) is 0. The van der Waals surface area contributed by atoms with Crippen LogP contribution >= 0.6 is 24.0 Å². The Hall–Kier alpha value is -1.60. The Morgan fingerprint density at radius 1 is 1.33 bits per heavy atom. The minimum Gasteiger partial charge on any atom is -0.289 e. The van der Waals surface area contributed by atoms with Crippen LogP contribution in [0.3, 0.4) is 0 Å². The molecule has 7 heteroatoms. The molecular weight excluding hydrogens is 319 g/mol.